The average molecular weight is 306 g/mol. The minimum atomic E-state index is -0.207. The van der Waals surface area contributed by atoms with Crippen LogP contribution >= 0.6 is 0 Å². The Labute approximate surface area is 132 Å². The van der Waals surface area contributed by atoms with Crippen LogP contribution in [-0.4, -0.2) is 68.9 Å². The number of ether oxygens (including phenoxy) is 2. The zero-order valence-corrected chi connectivity index (χ0v) is 14.0. The first-order valence-electron chi connectivity index (χ1n) is 7.69. The third-order valence-corrected chi connectivity index (χ3v) is 4.06. The van der Waals surface area contributed by atoms with Gasteiger partial charge in [0, 0.05) is 52.5 Å². The number of nitrogens with zero attached hydrogens (tertiary/aromatic N) is 2. The number of hydrogen-bond donors (Lipinski definition) is 0. The first kappa shape index (κ1) is 16.9. The normalized spacial score (nSPS) is 16.3. The Kier molecular flexibility index (Phi) is 5.94. The molecular weight excluding hydrogens is 280 g/mol. The van der Waals surface area contributed by atoms with Crippen LogP contribution in [0.4, 0.5) is 0 Å². The summed E-state index contributed by atoms with van der Waals surface area (Å²) in [5.41, 5.74) is 3.05. The third kappa shape index (κ3) is 4.29. The molecule has 1 saturated heterocycles. The smallest absolute Gasteiger partial charge is 0.253 e. The molecule has 0 aromatic heterocycles. The quantitative estimate of drug-likeness (QED) is 0.776. The summed E-state index contributed by atoms with van der Waals surface area (Å²) in [6.45, 7) is 7.96. The Morgan fingerprint density at radius 3 is 2.09 bits per heavy atom. The zero-order valence-electron chi connectivity index (χ0n) is 14.0. The first-order chi connectivity index (χ1) is 10.5. The van der Waals surface area contributed by atoms with E-state index in [1.807, 2.05) is 30.9 Å². The van der Waals surface area contributed by atoms with E-state index in [-0.39, 0.29) is 12.2 Å². The summed E-state index contributed by atoms with van der Waals surface area (Å²) in [5.74, 6) is 0.126. The maximum Gasteiger partial charge on any atom is 0.253 e. The number of carbonyl (C=O) groups excluding carboxylic acids is 1. The Hall–Kier alpha value is -1.43. The molecule has 1 aliphatic rings. The molecule has 0 aliphatic carbocycles. The Balaban J connectivity index is 1.92. The molecule has 0 N–H and O–H groups in total. The van der Waals surface area contributed by atoms with Crippen molar-refractivity contribution in [3.63, 3.8) is 0 Å². The summed E-state index contributed by atoms with van der Waals surface area (Å²) in [6.07, 6.45) is -0.207. The lowest BCUT2D eigenvalue weighted by Gasteiger charge is -2.36. The Morgan fingerprint density at radius 2 is 1.59 bits per heavy atom. The van der Waals surface area contributed by atoms with Crippen molar-refractivity contribution in [2.24, 2.45) is 0 Å². The number of rotatable bonds is 5. The van der Waals surface area contributed by atoms with Crippen molar-refractivity contribution >= 4 is 5.91 Å². The van der Waals surface area contributed by atoms with Gasteiger partial charge < -0.3 is 14.4 Å². The summed E-state index contributed by atoms with van der Waals surface area (Å²) >= 11 is 0. The molecule has 0 atom stereocenters. The van der Waals surface area contributed by atoms with Crippen molar-refractivity contribution in [2.45, 2.75) is 20.1 Å². The largest absolute Gasteiger partial charge is 0.355 e. The van der Waals surface area contributed by atoms with E-state index >= 15 is 0 Å². The fourth-order valence-corrected chi connectivity index (χ4v) is 2.87. The molecule has 0 radical (unpaired) electrons. The van der Waals surface area contributed by atoms with E-state index < -0.39 is 0 Å². The molecule has 22 heavy (non-hydrogen) atoms. The van der Waals surface area contributed by atoms with Crippen LogP contribution in [0.25, 0.3) is 0 Å². The van der Waals surface area contributed by atoms with E-state index in [0.717, 1.165) is 49.4 Å². The van der Waals surface area contributed by atoms with E-state index in [2.05, 4.69) is 11.0 Å². The molecule has 5 nitrogen and oxygen atoms in total. The van der Waals surface area contributed by atoms with Crippen molar-refractivity contribution in [2.75, 3.05) is 46.9 Å². The molecular formula is C17H26N2O3. The summed E-state index contributed by atoms with van der Waals surface area (Å²) in [4.78, 5) is 16.8. The lowest BCUT2D eigenvalue weighted by Crippen LogP contribution is -2.50. The fourth-order valence-electron chi connectivity index (χ4n) is 2.87. The predicted octanol–water partition coefficient (Wildman–Crippen LogP) is 1.68. The van der Waals surface area contributed by atoms with Crippen LogP contribution in [0.5, 0.6) is 0 Å². The number of benzene rings is 1. The lowest BCUT2D eigenvalue weighted by molar-refractivity contribution is -0.118. The van der Waals surface area contributed by atoms with Gasteiger partial charge in [0.05, 0.1) is 0 Å². The van der Waals surface area contributed by atoms with E-state index in [9.17, 15) is 4.79 Å². The molecule has 1 aliphatic heterocycles. The van der Waals surface area contributed by atoms with Crippen LogP contribution in [-0.2, 0) is 9.47 Å². The monoisotopic (exact) mass is 306 g/mol. The SMILES string of the molecule is COC(CN1CCN(C(=O)c2cc(C)cc(C)c2)CC1)OC. The molecule has 1 aromatic carbocycles. The zero-order chi connectivity index (χ0) is 16.1. The summed E-state index contributed by atoms with van der Waals surface area (Å²) in [5, 5.41) is 0. The number of aryl methyl sites for hydroxylation is 2. The second kappa shape index (κ2) is 7.72. The van der Waals surface area contributed by atoms with E-state index in [1.54, 1.807) is 14.2 Å². The van der Waals surface area contributed by atoms with Gasteiger partial charge in [0.1, 0.15) is 0 Å². The molecule has 0 bridgehead atoms. The molecule has 0 spiro atoms. The van der Waals surface area contributed by atoms with Gasteiger partial charge in [-0.3, -0.25) is 9.69 Å². The molecule has 122 valence electrons. The second-order valence-electron chi connectivity index (χ2n) is 5.87. The highest BCUT2D eigenvalue weighted by Gasteiger charge is 2.23. The highest BCUT2D eigenvalue weighted by Crippen LogP contribution is 2.13. The molecule has 1 heterocycles. The highest BCUT2D eigenvalue weighted by atomic mass is 16.7. The maximum atomic E-state index is 12.6. The molecule has 2 rings (SSSR count). The van der Waals surface area contributed by atoms with E-state index in [0.29, 0.717) is 0 Å². The third-order valence-electron chi connectivity index (χ3n) is 4.06. The van der Waals surface area contributed by atoms with Crippen LogP contribution in [0, 0.1) is 13.8 Å². The van der Waals surface area contributed by atoms with Crippen molar-refractivity contribution in [1.82, 2.24) is 9.80 Å². The number of carbonyl (C=O) groups is 1. The van der Waals surface area contributed by atoms with Crippen molar-refractivity contribution < 1.29 is 14.3 Å². The van der Waals surface area contributed by atoms with Gasteiger partial charge in [0.25, 0.3) is 5.91 Å². The lowest BCUT2D eigenvalue weighted by atomic mass is 10.1. The summed E-state index contributed by atoms with van der Waals surface area (Å²) in [7, 11) is 3.29. The average Bonchev–Trinajstić information content (AvgIpc) is 2.51. The van der Waals surface area contributed by atoms with Crippen LogP contribution in [0.1, 0.15) is 21.5 Å². The standard InChI is InChI=1S/C17H26N2O3/c1-13-9-14(2)11-15(10-13)17(20)19-7-5-18(6-8-19)12-16(21-3)22-4/h9-11,16H,5-8,12H2,1-4H3. The van der Waals surface area contributed by atoms with Gasteiger partial charge in [-0.1, -0.05) is 17.2 Å². The van der Waals surface area contributed by atoms with Gasteiger partial charge in [0.2, 0.25) is 0 Å². The first-order valence-corrected chi connectivity index (χ1v) is 7.69. The second-order valence-corrected chi connectivity index (χ2v) is 5.87. The fraction of sp³-hybridized carbons (Fsp3) is 0.588. The number of amides is 1. The minimum absolute atomic E-state index is 0.126. The van der Waals surface area contributed by atoms with Gasteiger partial charge >= 0.3 is 0 Å². The van der Waals surface area contributed by atoms with Crippen molar-refractivity contribution in [1.29, 1.82) is 0 Å². The van der Waals surface area contributed by atoms with E-state index in [4.69, 9.17) is 9.47 Å². The Bertz CT molecular complexity index is 486. The van der Waals surface area contributed by atoms with Gasteiger partial charge in [0.15, 0.2) is 6.29 Å². The van der Waals surface area contributed by atoms with Crippen molar-refractivity contribution in [3.8, 4) is 0 Å². The highest BCUT2D eigenvalue weighted by molar-refractivity contribution is 5.94. The molecule has 1 amide bonds. The van der Waals surface area contributed by atoms with Gasteiger partial charge in [-0.25, -0.2) is 0 Å². The molecule has 1 fully saturated rings. The van der Waals surface area contributed by atoms with Gasteiger partial charge in [-0.15, -0.1) is 0 Å². The molecule has 5 heteroatoms. The molecule has 1 aromatic rings. The summed E-state index contributed by atoms with van der Waals surface area (Å²) < 4.78 is 10.5. The van der Waals surface area contributed by atoms with Crippen molar-refractivity contribution in [3.05, 3.63) is 34.9 Å². The van der Waals surface area contributed by atoms with Crippen LogP contribution < -0.4 is 0 Å². The minimum Gasteiger partial charge on any atom is -0.355 e. The molecule has 0 unspecified atom stereocenters. The summed E-state index contributed by atoms with van der Waals surface area (Å²) in [6, 6.07) is 6.02. The predicted molar refractivity (Wildman–Crippen MR) is 86.1 cm³/mol. The Morgan fingerprint density at radius 1 is 1.05 bits per heavy atom. The van der Waals surface area contributed by atoms with Gasteiger partial charge in [-0.05, 0) is 26.0 Å². The number of methoxy groups -OCH3 is 2. The maximum absolute atomic E-state index is 12.6. The van der Waals surface area contributed by atoms with Gasteiger partial charge in [-0.2, -0.15) is 0 Å². The van der Waals surface area contributed by atoms with E-state index in [1.165, 1.54) is 0 Å². The van der Waals surface area contributed by atoms with Crippen LogP contribution in [0.2, 0.25) is 0 Å². The van der Waals surface area contributed by atoms with Crippen LogP contribution in [0.3, 0.4) is 0 Å². The topological polar surface area (TPSA) is 42.0 Å². The van der Waals surface area contributed by atoms with Crippen LogP contribution in [0.15, 0.2) is 18.2 Å². The number of piperazine rings is 1. The molecule has 0 saturated carbocycles. The number of hydrogen-bond acceptors (Lipinski definition) is 4.